The van der Waals surface area contributed by atoms with Gasteiger partial charge in [0.15, 0.2) is 0 Å². The van der Waals surface area contributed by atoms with E-state index < -0.39 is 11.7 Å². The number of ether oxygens (including phenoxy) is 1. The van der Waals surface area contributed by atoms with E-state index in [1.807, 2.05) is 25.5 Å². The van der Waals surface area contributed by atoms with Crippen molar-refractivity contribution in [1.82, 2.24) is 15.1 Å². The van der Waals surface area contributed by atoms with E-state index in [2.05, 4.69) is 20.7 Å². The number of aromatic nitrogens is 2. The SMILES string of the molecule is CCn1nc(C)c(CCN=C(NC(=O)c2ccc(C)c(F)c2)Nc2cc(Cl)ccc2OC)c1C. The Labute approximate surface area is 204 Å². The molecule has 9 heteroatoms. The first-order valence-corrected chi connectivity index (χ1v) is 11.4. The molecule has 0 spiro atoms. The zero-order chi connectivity index (χ0) is 24.8. The van der Waals surface area contributed by atoms with Gasteiger partial charge in [0, 0.05) is 29.4 Å². The molecule has 2 aromatic carbocycles. The van der Waals surface area contributed by atoms with Crippen molar-refractivity contribution in [3.63, 3.8) is 0 Å². The summed E-state index contributed by atoms with van der Waals surface area (Å²) in [6.45, 7) is 8.88. The Morgan fingerprint density at radius 3 is 2.62 bits per heavy atom. The predicted molar refractivity (Wildman–Crippen MR) is 134 cm³/mol. The van der Waals surface area contributed by atoms with E-state index in [0.29, 0.717) is 35.0 Å². The highest BCUT2D eigenvalue weighted by Gasteiger charge is 2.14. The van der Waals surface area contributed by atoms with Gasteiger partial charge in [-0.25, -0.2) is 4.39 Å². The van der Waals surface area contributed by atoms with E-state index in [1.165, 1.54) is 13.2 Å². The van der Waals surface area contributed by atoms with Gasteiger partial charge in [0.1, 0.15) is 11.6 Å². The number of methoxy groups -OCH3 is 1. The van der Waals surface area contributed by atoms with Crippen molar-refractivity contribution in [1.29, 1.82) is 0 Å². The largest absolute Gasteiger partial charge is 0.495 e. The highest BCUT2D eigenvalue weighted by atomic mass is 35.5. The van der Waals surface area contributed by atoms with Gasteiger partial charge < -0.3 is 10.1 Å². The van der Waals surface area contributed by atoms with Gasteiger partial charge in [0.2, 0.25) is 5.96 Å². The second-order valence-corrected chi connectivity index (χ2v) is 8.27. The van der Waals surface area contributed by atoms with E-state index in [0.717, 1.165) is 23.5 Å². The van der Waals surface area contributed by atoms with Crippen molar-refractivity contribution < 1.29 is 13.9 Å². The molecule has 0 saturated carbocycles. The number of halogens is 2. The Hall–Kier alpha value is -3.39. The minimum Gasteiger partial charge on any atom is -0.495 e. The molecule has 0 aliphatic carbocycles. The maximum Gasteiger partial charge on any atom is 0.258 e. The van der Waals surface area contributed by atoms with Crippen LogP contribution in [0.5, 0.6) is 5.75 Å². The molecule has 180 valence electrons. The fourth-order valence-corrected chi connectivity index (χ4v) is 3.78. The van der Waals surface area contributed by atoms with E-state index in [-0.39, 0.29) is 11.5 Å². The van der Waals surface area contributed by atoms with Crippen molar-refractivity contribution in [2.75, 3.05) is 19.0 Å². The average molecular weight is 486 g/mol. The molecule has 0 saturated heterocycles. The van der Waals surface area contributed by atoms with E-state index >= 15 is 0 Å². The van der Waals surface area contributed by atoms with Gasteiger partial charge in [-0.3, -0.25) is 19.8 Å². The molecule has 0 atom stereocenters. The lowest BCUT2D eigenvalue weighted by Crippen LogP contribution is -2.36. The van der Waals surface area contributed by atoms with Crippen molar-refractivity contribution in [2.24, 2.45) is 4.99 Å². The minimum atomic E-state index is -0.489. The Kier molecular flexibility index (Phi) is 8.28. The normalized spacial score (nSPS) is 11.4. The Balaban J connectivity index is 1.86. The van der Waals surface area contributed by atoms with Gasteiger partial charge in [0.25, 0.3) is 5.91 Å². The van der Waals surface area contributed by atoms with Crippen molar-refractivity contribution in [3.05, 3.63) is 75.3 Å². The molecule has 0 bridgehead atoms. The number of carbonyl (C=O) groups excluding carboxylic acids is 1. The Morgan fingerprint density at radius 1 is 1.21 bits per heavy atom. The average Bonchev–Trinajstić information content (AvgIpc) is 3.08. The van der Waals surface area contributed by atoms with Crippen molar-refractivity contribution in [3.8, 4) is 5.75 Å². The summed E-state index contributed by atoms with van der Waals surface area (Å²) in [5.41, 5.74) is 4.37. The van der Waals surface area contributed by atoms with Crippen LogP contribution in [0.1, 0.15) is 39.8 Å². The first kappa shape index (κ1) is 25.2. The molecule has 34 heavy (non-hydrogen) atoms. The first-order valence-electron chi connectivity index (χ1n) is 11.0. The molecule has 2 N–H and O–H groups in total. The van der Waals surface area contributed by atoms with Crippen molar-refractivity contribution in [2.45, 2.75) is 40.7 Å². The number of aryl methyl sites for hydroxylation is 3. The van der Waals surface area contributed by atoms with Crippen LogP contribution < -0.4 is 15.4 Å². The molecule has 3 aromatic rings. The van der Waals surface area contributed by atoms with Crippen LogP contribution in [0.25, 0.3) is 0 Å². The lowest BCUT2D eigenvalue weighted by atomic mass is 10.1. The van der Waals surface area contributed by atoms with Gasteiger partial charge in [0.05, 0.1) is 18.5 Å². The second-order valence-electron chi connectivity index (χ2n) is 7.83. The molecule has 0 aliphatic heterocycles. The number of guanidine groups is 1. The van der Waals surface area contributed by atoms with Crippen LogP contribution in [-0.4, -0.2) is 35.3 Å². The molecule has 7 nitrogen and oxygen atoms in total. The van der Waals surface area contributed by atoms with Gasteiger partial charge in [-0.05, 0) is 75.6 Å². The maximum atomic E-state index is 14.0. The molecular weight excluding hydrogens is 457 g/mol. The van der Waals surface area contributed by atoms with Gasteiger partial charge in [-0.2, -0.15) is 5.10 Å². The topological polar surface area (TPSA) is 80.5 Å². The molecular formula is C25H29ClFN5O2. The zero-order valence-corrected chi connectivity index (χ0v) is 20.8. The number of amides is 1. The fourth-order valence-electron chi connectivity index (χ4n) is 3.61. The van der Waals surface area contributed by atoms with Crippen LogP contribution in [0.15, 0.2) is 41.4 Å². The summed E-state index contributed by atoms with van der Waals surface area (Å²) in [5, 5.41) is 10.9. The van der Waals surface area contributed by atoms with Gasteiger partial charge in [-0.1, -0.05) is 17.7 Å². The van der Waals surface area contributed by atoms with Gasteiger partial charge in [-0.15, -0.1) is 0 Å². The summed E-state index contributed by atoms with van der Waals surface area (Å²) >= 11 is 6.15. The molecule has 3 rings (SSSR count). The number of hydrogen-bond donors (Lipinski definition) is 2. The maximum absolute atomic E-state index is 14.0. The molecule has 0 unspecified atom stereocenters. The third-order valence-electron chi connectivity index (χ3n) is 5.54. The first-order chi connectivity index (χ1) is 16.2. The van der Waals surface area contributed by atoms with Crippen LogP contribution in [0.4, 0.5) is 10.1 Å². The molecule has 0 fully saturated rings. The summed E-state index contributed by atoms with van der Waals surface area (Å²) in [6, 6.07) is 9.42. The van der Waals surface area contributed by atoms with E-state index in [1.54, 1.807) is 37.3 Å². The monoisotopic (exact) mass is 485 g/mol. The predicted octanol–water partition coefficient (Wildman–Crippen LogP) is 5.07. The molecule has 0 aliphatic rings. The summed E-state index contributed by atoms with van der Waals surface area (Å²) in [7, 11) is 1.54. The number of hydrogen-bond acceptors (Lipinski definition) is 4. The standard InChI is InChI=1S/C25H29ClFN5O2/c1-6-32-17(4)20(16(3)31-32)11-12-28-25(29-22-14-19(26)9-10-23(22)34-5)30-24(33)18-8-7-15(2)21(27)13-18/h7-10,13-14H,6,11-12H2,1-5H3,(H2,28,29,30,33). The highest BCUT2D eigenvalue weighted by molar-refractivity contribution is 6.31. The van der Waals surface area contributed by atoms with Crippen LogP contribution in [0.3, 0.4) is 0 Å². The third kappa shape index (κ3) is 5.94. The molecule has 1 heterocycles. The third-order valence-corrected chi connectivity index (χ3v) is 5.78. The van der Waals surface area contributed by atoms with Crippen LogP contribution in [-0.2, 0) is 13.0 Å². The van der Waals surface area contributed by atoms with Gasteiger partial charge >= 0.3 is 0 Å². The second kappa shape index (κ2) is 11.2. The Bertz CT molecular complexity index is 1220. The zero-order valence-electron chi connectivity index (χ0n) is 20.0. The molecule has 0 radical (unpaired) electrons. The lowest BCUT2D eigenvalue weighted by molar-refractivity contribution is 0.0976. The lowest BCUT2D eigenvalue weighted by Gasteiger charge is -2.15. The van der Waals surface area contributed by atoms with Crippen LogP contribution in [0, 0.1) is 26.6 Å². The number of rotatable bonds is 7. The number of aliphatic imine (C=N–C) groups is 1. The summed E-state index contributed by atoms with van der Waals surface area (Å²) < 4.78 is 21.3. The number of nitrogens with one attached hydrogen (secondary N) is 2. The van der Waals surface area contributed by atoms with Crippen LogP contribution in [0.2, 0.25) is 5.02 Å². The number of benzene rings is 2. The van der Waals surface area contributed by atoms with E-state index in [9.17, 15) is 9.18 Å². The number of carbonyl (C=O) groups is 1. The molecule has 1 aromatic heterocycles. The molecule has 1 amide bonds. The number of anilines is 1. The Morgan fingerprint density at radius 2 is 1.97 bits per heavy atom. The summed E-state index contributed by atoms with van der Waals surface area (Å²) in [4.78, 5) is 17.4. The summed E-state index contributed by atoms with van der Waals surface area (Å²) in [6.07, 6.45) is 0.643. The smallest absolute Gasteiger partial charge is 0.258 e. The highest BCUT2D eigenvalue weighted by Crippen LogP contribution is 2.27. The fraction of sp³-hybridized carbons (Fsp3) is 0.320. The summed E-state index contributed by atoms with van der Waals surface area (Å²) in [5.74, 6) is -0.208. The van der Waals surface area contributed by atoms with Crippen molar-refractivity contribution >= 4 is 29.2 Å². The van der Waals surface area contributed by atoms with E-state index in [4.69, 9.17) is 16.3 Å². The quantitative estimate of drug-likeness (QED) is 0.361. The van der Waals surface area contributed by atoms with Crippen LogP contribution >= 0.6 is 11.6 Å². The number of nitrogens with zero attached hydrogens (tertiary/aromatic N) is 3. The minimum absolute atomic E-state index is 0.187.